The average Bonchev–Trinajstić information content (AvgIpc) is 2.67. The van der Waals surface area contributed by atoms with E-state index in [4.69, 9.17) is 20.9 Å². The molecule has 0 spiro atoms. The summed E-state index contributed by atoms with van der Waals surface area (Å²) in [5, 5.41) is 3.90. The Morgan fingerprint density at radius 3 is 2.87 bits per heavy atom. The summed E-state index contributed by atoms with van der Waals surface area (Å²) in [4.78, 5) is 4.25. The van der Waals surface area contributed by atoms with Crippen LogP contribution in [0.3, 0.4) is 0 Å². The summed E-state index contributed by atoms with van der Waals surface area (Å²) < 4.78 is 10.6. The minimum atomic E-state index is -0.0483. The number of alkyl halides is 1. The van der Waals surface area contributed by atoms with Crippen molar-refractivity contribution in [1.29, 1.82) is 0 Å². The molecule has 0 aliphatic heterocycles. The first-order valence-electron chi connectivity index (χ1n) is 5.31. The van der Waals surface area contributed by atoms with Crippen molar-refractivity contribution >= 4 is 11.6 Å². The van der Waals surface area contributed by atoms with Crippen LogP contribution >= 0.6 is 11.6 Å². The van der Waals surface area contributed by atoms with Crippen molar-refractivity contribution in [3.63, 3.8) is 0 Å². The Labute approximate surface area is 95.0 Å². The minimum absolute atomic E-state index is 0.0483. The van der Waals surface area contributed by atoms with Crippen molar-refractivity contribution in [3.8, 4) is 0 Å². The molecule has 1 heterocycles. The zero-order valence-corrected chi connectivity index (χ0v) is 9.96. The molecule has 1 aromatic rings. The van der Waals surface area contributed by atoms with Gasteiger partial charge in [0, 0.05) is 18.9 Å². The highest BCUT2D eigenvalue weighted by atomic mass is 35.5. The van der Waals surface area contributed by atoms with Crippen LogP contribution in [0.25, 0.3) is 0 Å². The van der Waals surface area contributed by atoms with Gasteiger partial charge in [0.05, 0.1) is 0 Å². The molecule has 4 nitrogen and oxygen atoms in total. The third kappa shape index (κ3) is 3.80. The minimum Gasteiger partial charge on any atom is -0.370 e. The quantitative estimate of drug-likeness (QED) is 0.679. The number of aromatic nitrogens is 2. The van der Waals surface area contributed by atoms with E-state index in [2.05, 4.69) is 17.1 Å². The van der Waals surface area contributed by atoms with Crippen molar-refractivity contribution < 1.29 is 9.26 Å². The Morgan fingerprint density at radius 2 is 2.27 bits per heavy atom. The third-order valence-corrected chi connectivity index (χ3v) is 2.19. The average molecular weight is 233 g/mol. The summed E-state index contributed by atoms with van der Waals surface area (Å²) in [5.41, 5.74) is 0. The highest BCUT2D eigenvalue weighted by molar-refractivity contribution is 6.17. The van der Waals surface area contributed by atoms with Crippen molar-refractivity contribution in [2.75, 3.05) is 12.5 Å². The Bertz CT molecular complexity index is 272. The van der Waals surface area contributed by atoms with E-state index >= 15 is 0 Å². The van der Waals surface area contributed by atoms with Gasteiger partial charge in [-0.25, -0.2) is 0 Å². The molecule has 0 aliphatic carbocycles. The van der Waals surface area contributed by atoms with E-state index in [1.165, 1.54) is 0 Å². The smallest absolute Gasteiger partial charge is 0.227 e. The molecule has 5 heteroatoms. The molecule has 0 saturated heterocycles. The van der Waals surface area contributed by atoms with Gasteiger partial charge in [0.1, 0.15) is 6.10 Å². The SMILES string of the molecule is CCCC(OCC)c1noc(CCCl)n1. The summed E-state index contributed by atoms with van der Waals surface area (Å²) in [7, 11) is 0. The number of hydrogen-bond acceptors (Lipinski definition) is 4. The lowest BCUT2D eigenvalue weighted by atomic mass is 10.2. The number of nitrogens with zero attached hydrogens (tertiary/aromatic N) is 2. The van der Waals surface area contributed by atoms with Gasteiger partial charge in [-0.2, -0.15) is 4.98 Å². The predicted octanol–water partition coefficient (Wildman–Crippen LogP) is 2.73. The molecule has 0 bridgehead atoms. The zero-order valence-electron chi connectivity index (χ0n) is 9.20. The molecular weight excluding hydrogens is 216 g/mol. The molecule has 1 atom stereocenters. The highest BCUT2D eigenvalue weighted by Crippen LogP contribution is 2.19. The van der Waals surface area contributed by atoms with Crippen LogP contribution in [0.2, 0.25) is 0 Å². The molecule has 0 fully saturated rings. The summed E-state index contributed by atoms with van der Waals surface area (Å²) in [6.45, 7) is 4.72. The van der Waals surface area contributed by atoms with Crippen LogP contribution in [0.1, 0.15) is 44.5 Å². The predicted molar refractivity (Wildman–Crippen MR) is 58.0 cm³/mol. The highest BCUT2D eigenvalue weighted by Gasteiger charge is 2.17. The molecule has 0 aromatic carbocycles. The first-order valence-corrected chi connectivity index (χ1v) is 5.85. The van der Waals surface area contributed by atoms with E-state index in [-0.39, 0.29) is 6.10 Å². The summed E-state index contributed by atoms with van der Waals surface area (Å²) in [6.07, 6.45) is 2.50. The van der Waals surface area contributed by atoms with Crippen LogP contribution in [0.5, 0.6) is 0 Å². The molecule has 0 N–H and O–H groups in total. The molecule has 1 rings (SSSR count). The van der Waals surface area contributed by atoms with E-state index in [0.29, 0.717) is 30.6 Å². The zero-order chi connectivity index (χ0) is 11.1. The van der Waals surface area contributed by atoms with Crippen LogP contribution in [0, 0.1) is 0 Å². The van der Waals surface area contributed by atoms with Gasteiger partial charge >= 0.3 is 0 Å². The first-order chi connectivity index (χ1) is 7.31. The maximum Gasteiger partial charge on any atom is 0.227 e. The molecule has 15 heavy (non-hydrogen) atoms. The standard InChI is InChI=1S/C10H17ClN2O2/c1-3-5-8(14-4-2)10-12-9(6-7-11)15-13-10/h8H,3-7H2,1-2H3. The monoisotopic (exact) mass is 232 g/mol. The van der Waals surface area contributed by atoms with Crippen LogP contribution in [-0.2, 0) is 11.2 Å². The van der Waals surface area contributed by atoms with Crippen molar-refractivity contribution in [2.45, 2.75) is 39.2 Å². The van der Waals surface area contributed by atoms with E-state index in [1.54, 1.807) is 0 Å². The maximum absolute atomic E-state index is 5.59. The largest absolute Gasteiger partial charge is 0.370 e. The second-order valence-electron chi connectivity index (χ2n) is 3.22. The lowest BCUT2D eigenvalue weighted by Crippen LogP contribution is -2.06. The second-order valence-corrected chi connectivity index (χ2v) is 3.60. The van der Waals surface area contributed by atoms with Gasteiger partial charge in [-0.1, -0.05) is 18.5 Å². The van der Waals surface area contributed by atoms with Crippen molar-refractivity contribution in [2.24, 2.45) is 0 Å². The second kappa shape index (κ2) is 6.80. The van der Waals surface area contributed by atoms with Gasteiger partial charge in [-0.3, -0.25) is 0 Å². The Hall–Kier alpha value is -0.610. The summed E-state index contributed by atoms with van der Waals surface area (Å²) in [6, 6.07) is 0. The van der Waals surface area contributed by atoms with E-state index in [0.717, 1.165) is 12.8 Å². The van der Waals surface area contributed by atoms with Gasteiger partial charge in [-0.05, 0) is 13.3 Å². The first kappa shape index (κ1) is 12.5. The van der Waals surface area contributed by atoms with Gasteiger partial charge in [0.15, 0.2) is 0 Å². The van der Waals surface area contributed by atoms with Crippen LogP contribution in [0.4, 0.5) is 0 Å². The fraction of sp³-hybridized carbons (Fsp3) is 0.800. The van der Waals surface area contributed by atoms with Crippen LogP contribution < -0.4 is 0 Å². The number of aryl methyl sites for hydroxylation is 1. The summed E-state index contributed by atoms with van der Waals surface area (Å²) in [5.74, 6) is 1.72. The fourth-order valence-electron chi connectivity index (χ4n) is 1.33. The third-order valence-electron chi connectivity index (χ3n) is 2.00. The van der Waals surface area contributed by atoms with Gasteiger partial charge in [-0.15, -0.1) is 11.6 Å². The molecule has 0 aliphatic rings. The van der Waals surface area contributed by atoms with E-state index in [1.807, 2.05) is 6.92 Å². The normalized spacial score (nSPS) is 13.0. The topological polar surface area (TPSA) is 48.2 Å². The van der Waals surface area contributed by atoms with Crippen LogP contribution in [-0.4, -0.2) is 22.6 Å². The molecule has 86 valence electrons. The van der Waals surface area contributed by atoms with Crippen molar-refractivity contribution in [3.05, 3.63) is 11.7 Å². The maximum atomic E-state index is 5.59. The molecular formula is C10H17ClN2O2. The van der Waals surface area contributed by atoms with Gasteiger partial charge in [0.2, 0.25) is 11.7 Å². The van der Waals surface area contributed by atoms with Crippen LogP contribution in [0.15, 0.2) is 4.52 Å². The van der Waals surface area contributed by atoms with Gasteiger partial charge < -0.3 is 9.26 Å². The Morgan fingerprint density at radius 1 is 1.47 bits per heavy atom. The number of halogens is 1. The van der Waals surface area contributed by atoms with Crippen molar-refractivity contribution in [1.82, 2.24) is 10.1 Å². The molecule has 1 aromatic heterocycles. The van der Waals surface area contributed by atoms with E-state index < -0.39 is 0 Å². The Kier molecular flexibility index (Phi) is 5.65. The van der Waals surface area contributed by atoms with Gasteiger partial charge in [0.25, 0.3) is 0 Å². The number of ether oxygens (including phenoxy) is 1. The van der Waals surface area contributed by atoms with E-state index in [9.17, 15) is 0 Å². The number of rotatable bonds is 7. The molecule has 0 radical (unpaired) electrons. The lowest BCUT2D eigenvalue weighted by Gasteiger charge is -2.10. The number of hydrogen-bond donors (Lipinski definition) is 0. The Balaban J connectivity index is 2.63. The molecule has 0 amide bonds. The molecule has 1 unspecified atom stereocenters. The fourth-order valence-corrected chi connectivity index (χ4v) is 1.49. The lowest BCUT2D eigenvalue weighted by molar-refractivity contribution is 0.0478. The summed E-state index contributed by atoms with van der Waals surface area (Å²) >= 11 is 5.59. The molecule has 0 saturated carbocycles.